The largest absolute Gasteiger partial charge is 0.447 e. The van der Waals surface area contributed by atoms with Crippen LogP contribution in [-0.2, 0) is 20.6 Å². The van der Waals surface area contributed by atoms with Gasteiger partial charge in [-0.1, -0.05) is 128 Å². The van der Waals surface area contributed by atoms with Crippen molar-refractivity contribution in [1.29, 1.82) is 0 Å². The van der Waals surface area contributed by atoms with E-state index in [0.717, 1.165) is 24.8 Å². The van der Waals surface area contributed by atoms with Crippen molar-refractivity contribution in [1.82, 2.24) is 10.3 Å². The Balaban J connectivity index is 0.00000121. The van der Waals surface area contributed by atoms with E-state index < -0.39 is 24.2 Å². The van der Waals surface area contributed by atoms with Gasteiger partial charge in [0.1, 0.15) is 30.2 Å². The van der Waals surface area contributed by atoms with Crippen LogP contribution in [0.4, 0.5) is 9.59 Å². The first kappa shape index (κ1) is 40.4. The maximum atomic E-state index is 11.6. The molecule has 0 saturated carbocycles. The smallest absolute Gasteiger partial charge is 0.407 e. The van der Waals surface area contributed by atoms with Gasteiger partial charge in [-0.25, -0.2) is 14.6 Å². The van der Waals surface area contributed by atoms with Crippen molar-refractivity contribution < 1.29 is 28.6 Å². The predicted octanol–water partition coefficient (Wildman–Crippen LogP) is 7.48. The third-order valence-corrected chi connectivity index (χ3v) is 7.21. The standard InChI is InChI=1S/C24H48N2O5.C8H9ClN2O/c1-3-4-5-6-7-8-9-10-11-12-13-14-15-16-17-18-19-26-24(28)31-21-22(29-2)20-30-23(25)27;1-2-5-3-4-6(9)11-7(5)8(10)12/h22H,3-21H2,1-2H3,(H2,25,27)(H,26,28);3-4H,2H2,1H3,(H2,10,12). The van der Waals surface area contributed by atoms with Gasteiger partial charge in [-0.2, -0.15) is 0 Å². The third-order valence-electron chi connectivity index (χ3n) is 7.00. The van der Waals surface area contributed by atoms with E-state index >= 15 is 0 Å². The lowest BCUT2D eigenvalue weighted by Crippen LogP contribution is -2.32. The molecule has 10 nitrogen and oxygen atoms in total. The third kappa shape index (κ3) is 24.5. The monoisotopic (exact) mass is 628 g/mol. The topological polar surface area (TPSA) is 156 Å². The first-order chi connectivity index (χ1) is 20.7. The van der Waals surface area contributed by atoms with Crippen LogP contribution in [0.3, 0.4) is 0 Å². The number of primary amides is 2. The van der Waals surface area contributed by atoms with Crippen LogP contribution < -0.4 is 16.8 Å². The Bertz CT molecular complexity index is 874. The second-order valence-electron chi connectivity index (χ2n) is 10.7. The van der Waals surface area contributed by atoms with Crippen LogP contribution in [0, 0.1) is 0 Å². The number of aromatic nitrogens is 1. The number of nitrogens with two attached hydrogens (primary N) is 2. The number of methoxy groups -OCH3 is 1. The number of nitrogens with zero attached hydrogens (tertiary/aromatic N) is 1. The van der Waals surface area contributed by atoms with E-state index in [1.165, 1.54) is 97.0 Å². The van der Waals surface area contributed by atoms with Gasteiger partial charge in [-0.3, -0.25) is 4.79 Å². The number of amides is 3. The van der Waals surface area contributed by atoms with Crippen molar-refractivity contribution in [2.45, 2.75) is 129 Å². The van der Waals surface area contributed by atoms with Crippen LogP contribution in [0.25, 0.3) is 0 Å². The highest BCUT2D eigenvalue weighted by Gasteiger charge is 2.13. The molecule has 1 aromatic heterocycles. The summed E-state index contributed by atoms with van der Waals surface area (Å²) in [6.45, 7) is 4.77. The van der Waals surface area contributed by atoms with Crippen LogP contribution in [0.2, 0.25) is 5.15 Å². The average molecular weight is 629 g/mol. The summed E-state index contributed by atoms with van der Waals surface area (Å²) in [7, 11) is 1.45. The number of alkyl carbamates (subject to hydrolysis) is 1. The molecule has 3 amide bonds. The average Bonchev–Trinajstić information content (AvgIpc) is 2.99. The van der Waals surface area contributed by atoms with Crippen molar-refractivity contribution in [2.24, 2.45) is 11.5 Å². The molecule has 0 aliphatic carbocycles. The molecule has 11 heteroatoms. The summed E-state index contributed by atoms with van der Waals surface area (Å²) in [5.41, 5.74) is 11.1. The zero-order valence-corrected chi connectivity index (χ0v) is 27.6. The Hall–Kier alpha value is -2.59. The molecule has 0 radical (unpaired) electrons. The molecule has 0 aromatic carbocycles. The molecule has 1 unspecified atom stereocenters. The summed E-state index contributed by atoms with van der Waals surface area (Å²) < 4.78 is 14.7. The number of nitrogens with one attached hydrogen (secondary N) is 1. The van der Waals surface area contributed by atoms with Gasteiger partial charge in [0.05, 0.1) is 0 Å². The molecule has 0 aliphatic rings. The van der Waals surface area contributed by atoms with Crippen LogP contribution in [-0.4, -0.2) is 56.0 Å². The summed E-state index contributed by atoms with van der Waals surface area (Å²) in [6.07, 6.45) is 20.0. The molecule has 0 aliphatic heterocycles. The van der Waals surface area contributed by atoms with Gasteiger partial charge in [0.15, 0.2) is 0 Å². The van der Waals surface area contributed by atoms with Crippen LogP contribution >= 0.6 is 11.6 Å². The number of unbranched alkanes of at least 4 members (excludes halogenated alkanes) is 15. The number of carbonyl (C=O) groups is 3. The Kier molecular flexibility index (Phi) is 26.5. The van der Waals surface area contributed by atoms with E-state index in [1.54, 1.807) is 12.1 Å². The Morgan fingerprint density at radius 2 is 1.28 bits per heavy atom. The Morgan fingerprint density at radius 1 is 0.791 bits per heavy atom. The highest BCUT2D eigenvalue weighted by Crippen LogP contribution is 2.14. The molecule has 0 bridgehead atoms. The second kappa shape index (κ2) is 28.2. The van der Waals surface area contributed by atoms with E-state index in [4.69, 9.17) is 32.5 Å². The molecule has 0 saturated heterocycles. The maximum Gasteiger partial charge on any atom is 0.407 e. The van der Waals surface area contributed by atoms with E-state index in [2.05, 4.69) is 22.0 Å². The van der Waals surface area contributed by atoms with Gasteiger partial charge in [0.2, 0.25) is 0 Å². The summed E-state index contributed by atoms with van der Waals surface area (Å²) in [6, 6.07) is 3.41. The molecule has 248 valence electrons. The number of hydrogen-bond donors (Lipinski definition) is 3. The highest BCUT2D eigenvalue weighted by molar-refractivity contribution is 6.29. The Morgan fingerprint density at radius 3 is 1.72 bits per heavy atom. The van der Waals surface area contributed by atoms with Crippen molar-refractivity contribution in [3.8, 4) is 0 Å². The number of pyridine rings is 1. The quantitative estimate of drug-likeness (QED) is 0.0791. The van der Waals surface area contributed by atoms with Gasteiger partial charge in [0.25, 0.3) is 5.91 Å². The maximum absolute atomic E-state index is 11.6. The molecule has 1 heterocycles. The summed E-state index contributed by atoms with van der Waals surface area (Å²) in [4.78, 5) is 36.9. The van der Waals surface area contributed by atoms with Gasteiger partial charge in [-0.15, -0.1) is 0 Å². The normalized spacial score (nSPS) is 11.3. The van der Waals surface area contributed by atoms with E-state index in [-0.39, 0.29) is 18.9 Å². The fraction of sp³-hybridized carbons (Fsp3) is 0.750. The van der Waals surface area contributed by atoms with Gasteiger partial charge in [-0.05, 0) is 24.5 Å². The minimum absolute atomic E-state index is 0.00850. The molecular weight excluding hydrogens is 572 g/mol. The van der Waals surface area contributed by atoms with E-state index in [9.17, 15) is 14.4 Å². The SMILES string of the molecule is CCCCCCCCCCCCCCCCCCNC(=O)OCC(COC(N)=O)OC.CCc1ccc(Cl)nc1C(N)=O. The number of aryl methyl sites for hydroxylation is 1. The number of ether oxygens (including phenoxy) is 3. The first-order valence-electron chi connectivity index (χ1n) is 16.1. The zero-order valence-electron chi connectivity index (χ0n) is 26.8. The van der Waals surface area contributed by atoms with Crippen LogP contribution in [0.1, 0.15) is 133 Å². The van der Waals surface area contributed by atoms with Gasteiger partial charge < -0.3 is 31.0 Å². The fourth-order valence-corrected chi connectivity index (χ4v) is 4.55. The van der Waals surface area contributed by atoms with Crippen molar-refractivity contribution >= 4 is 29.7 Å². The van der Waals surface area contributed by atoms with Crippen molar-refractivity contribution in [3.63, 3.8) is 0 Å². The van der Waals surface area contributed by atoms with Crippen LogP contribution in [0.5, 0.6) is 0 Å². The Labute approximate surface area is 264 Å². The number of hydrogen-bond acceptors (Lipinski definition) is 7. The van der Waals surface area contributed by atoms with E-state index in [1.807, 2.05) is 6.92 Å². The number of rotatable bonds is 24. The number of carbonyl (C=O) groups excluding carboxylic acids is 3. The van der Waals surface area contributed by atoms with Crippen LogP contribution in [0.15, 0.2) is 12.1 Å². The highest BCUT2D eigenvalue weighted by atomic mass is 35.5. The van der Waals surface area contributed by atoms with Gasteiger partial charge in [0, 0.05) is 13.7 Å². The van der Waals surface area contributed by atoms with E-state index in [0.29, 0.717) is 11.7 Å². The fourth-order valence-electron chi connectivity index (χ4n) is 4.41. The molecule has 1 aromatic rings. The number of halogens is 1. The van der Waals surface area contributed by atoms with Crippen molar-refractivity contribution in [2.75, 3.05) is 26.9 Å². The molecule has 43 heavy (non-hydrogen) atoms. The molecule has 0 fully saturated rings. The molecule has 5 N–H and O–H groups in total. The zero-order chi connectivity index (χ0) is 32.1. The molecule has 0 spiro atoms. The van der Waals surface area contributed by atoms with Gasteiger partial charge >= 0.3 is 12.2 Å². The minimum Gasteiger partial charge on any atom is -0.447 e. The lowest BCUT2D eigenvalue weighted by molar-refractivity contribution is -0.00291. The summed E-state index contributed by atoms with van der Waals surface area (Å²) in [5.74, 6) is -0.533. The first-order valence-corrected chi connectivity index (χ1v) is 16.4. The summed E-state index contributed by atoms with van der Waals surface area (Å²) >= 11 is 5.60. The molecular formula is C32H57ClN4O6. The lowest BCUT2D eigenvalue weighted by Gasteiger charge is -2.15. The summed E-state index contributed by atoms with van der Waals surface area (Å²) in [5, 5.41) is 3.02. The molecule has 1 atom stereocenters. The second-order valence-corrected chi connectivity index (χ2v) is 11.1. The lowest BCUT2D eigenvalue weighted by atomic mass is 10.0. The minimum atomic E-state index is -0.880. The predicted molar refractivity (Wildman–Crippen MR) is 172 cm³/mol. The molecule has 1 rings (SSSR count). The van der Waals surface area contributed by atoms with Crippen molar-refractivity contribution in [3.05, 3.63) is 28.5 Å².